The molecule has 1 heterocycles. The normalized spacial score (nSPS) is 10.8. The smallest absolute Gasteiger partial charge is 0.288 e. The molecule has 3 nitrogen and oxygen atoms in total. The van der Waals surface area contributed by atoms with Gasteiger partial charge in [0.1, 0.15) is 5.82 Å². The van der Waals surface area contributed by atoms with E-state index in [9.17, 15) is 8.78 Å². The van der Waals surface area contributed by atoms with E-state index < -0.39 is 5.76 Å². The van der Waals surface area contributed by atoms with Crippen molar-refractivity contribution in [3.05, 3.63) is 36.7 Å². The molecule has 0 fully saturated rings. The van der Waals surface area contributed by atoms with Crippen molar-refractivity contribution >= 4 is 17.6 Å². The minimum absolute atomic E-state index is 0.327. The van der Waals surface area contributed by atoms with Gasteiger partial charge in [-0.2, -0.15) is 8.78 Å². The van der Waals surface area contributed by atoms with Gasteiger partial charge in [-0.05, 0) is 12.1 Å². The second-order valence-electron chi connectivity index (χ2n) is 3.23. The standard InChI is InChI=1S/C11H9F2N3S/c12-11(13)17-8-3-1-7(2-4-8)9-5-15-6-10(14)16-9/h1-6,11H,(H2,14,16). The highest BCUT2D eigenvalue weighted by Gasteiger charge is 2.06. The van der Waals surface area contributed by atoms with Crippen molar-refractivity contribution in [3.8, 4) is 11.3 Å². The van der Waals surface area contributed by atoms with Crippen LogP contribution in [-0.2, 0) is 0 Å². The lowest BCUT2D eigenvalue weighted by molar-refractivity contribution is 0.252. The molecule has 0 aliphatic carbocycles. The molecule has 0 saturated carbocycles. The molecule has 2 rings (SSSR count). The molecule has 0 unspecified atom stereocenters. The van der Waals surface area contributed by atoms with E-state index >= 15 is 0 Å². The van der Waals surface area contributed by atoms with Crippen LogP contribution in [0.4, 0.5) is 14.6 Å². The lowest BCUT2D eigenvalue weighted by Crippen LogP contribution is -1.93. The van der Waals surface area contributed by atoms with Gasteiger partial charge in [-0.3, -0.25) is 4.98 Å². The van der Waals surface area contributed by atoms with Crippen molar-refractivity contribution in [2.24, 2.45) is 0 Å². The summed E-state index contributed by atoms with van der Waals surface area (Å²) in [5, 5.41) is 0. The molecule has 17 heavy (non-hydrogen) atoms. The number of hydrogen-bond donors (Lipinski definition) is 1. The highest BCUT2D eigenvalue weighted by molar-refractivity contribution is 7.99. The van der Waals surface area contributed by atoms with Gasteiger partial charge in [0, 0.05) is 10.5 Å². The number of anilines is 1. The van der Waals surface area contributed by atoms with Gasteiger partial charge in [-0.15, -0.1) is 0 Å². The maximum atomic E-state index is 12.1. The third kappa shape index (κ3) is 3.13. The van der Waals surface area contributed by atoms with Gasteiger partial charge in [0.15, 0.2) is 0 Å². The Morgan fingerprint density at radius 2 is 1.82 bits per heavy atom. The van der Waals surface area contributed by atoms with Crippen LogP contribution in [0.1, 0.15) is 0 Å². The molecular weight excluding hydrogens is 244 g/mol. The molecule has 0 atom stereocenters. The first-order valence-corrected chi connectivity index (χ1v) is 5.66. The number of alkyl halides is 2. The predicted molar refractivity (Wildman–Crippen MR) is 63.7 cm³/mol. The fourth-order valence-electron chi connectivity index (χ4n) is 1.33. The number of nitrogen functional groups attached to an aromatic ring is 1. The van der Waals surface area contributed by atoms with Crippen molar-refractivity contribution in [3.63, 3.8) is 0 Å². The fraction of sp³-hybridized carbons (Fsp3) is 0.0909. The van der Waals surface area contributed by atoms with E-state index in [1.54, 1.807) is 30.5 Å². The molecule has 0 amide bonds. The number of benzene rings is 1. The van der Waals surface area contributed by atoms with Gasteiger partial charge in [0.25, 0.3) is 5.76 Å². The van der Waals surface area contributed by atoms with E-state index in [4.69, 9.17) is 5.73 Å². The van der Waals surface area contributed by atoms with Crippen LogP contribution in [0, 0.1) is 0 Å². The summed E-state index contributed by atoms with van der Waals surface area (Å²) in [5.74, 6) is -2.08. The number of nitrogens with two attached hydrogens (primary N) is 1. The molecule has 0 spiro atoms. The van der Waals surface area contributed by atoms with Crippen LogP contribution < -0.4 is 5.73 Å². The minimum Gasteiger partial charge on any atom is -0.382 e. The Hall–Kier alpha value is -1.69. The number of halogens is 2. The summed E-state index contributed by atoms with van der Waals surface area (Å²) in [6.45, 7) is 0. The van der Waals surface area contributed by atoms with E-state index in [2.05, 4.69) is 9.97 Å². The van der Waals surface area contributed by atoms with Gasteiger partial charge in [-0.25, -0.2) is 4.98 Å². The van der Waals surface area contributed by atoms with Crippen LogP contribution >= 0.6 is 11.8 Å². The second-order valence-corrected chi connectivity index (χ2v) is 4.30. The maximum absolute atomic E-state index is 12.1. The lowest BCUT2D eigenvalue weighted by Gasteiger charge is -2.03. The Labute approximate surface area is 101 Å². The average molecular weight is 253 g/mol. The third-order valence-electron chi connectivity index (χ3n) is 2.03. The number of thioether (sulfide) groups is 1. The van der Waals surface area contributed by atoms with Gasteiger partial charge < -0.3 is 5.73 Å². The molecular formula is C11H9F2N3S. The lowest BCUT2D eigenvalue weighted by atomic mass is 10.2. The molecule has 2 aromatic rings. The van der Waals surface area contributed by atoms with Crippen molar-refractivity contribution in [2.75, 3.05) is 5.73 Å². The van der Waals surface area contributed by atoms with Gasteiger partial charge in [0.05, 0.1) is 18.1 Å². The van der Waals surface area contributed by atoms with Crippen LogP contribution in [0.25, 0.3) is 11.3 Å². The number of aromatic nitrogens is 2. The molecule has 1 aromatic heterocycles. The van der Waals surface area contributed by atoms with E-state index in [-0.39, 0.29) is 0 Å². The Morgan fingerprint density at radius 1 is 1.12 bits per heavy atom. The van der Waals surface area contributed by atoms with Crippen molar-refractivity contribution in [1.29, 1.82) is 0 Å². The molecule has 88 valence electrons. The summed E-state index contributed by atoms with van der Waals surface area (Å²) < 4.78 is 24.2. The van der Waals surface area contributed by atoms with Gasteiger partial charge >= 0.3 is 0 Å². The minimum atomic E-state index is -2.41. The summed E-state index contributed by atoms with van der Waals surface area (Å²) in [4.78, 5) is 8.53. The van der Waals surface area contributed by atoms with Crippen LogP contribution in [0.2, 0.25) is 0 Å². The Bertz CT molecular complexity index is 502. The Morgan fingerprint density at radius 3 is 2.41 bits per heavy atom. The highest BCUT2D eigenvalue weighted by Crippen LogP contribution is 2.27. The number of hydrogen-bond acceptors (Lipinski definition) is 4. The van der Waals surface area contributed by atoms with E-state index in [0.29, 0.717) is 28.2 Å². The summed E-state index contributed by atoms with van der Waals surface area (Å²) in [5.41, 5.74) is 6.93. The first-order chi connectivity index (χ1) is 8.15. The summed E-state index contributed by atoms with van der Waals surface area (Å²) >= 11 is 0.511. The molecule has 0 bridgehead atoms. The number of nitrogens with zero attached hydrogens (tertiary/aromatic N) is 2. The monoisotopic (exact) mass is 253 g/mol. The highest BCUT2D eigenvalue weighted by atomic mass is 32.2. The molecule has 1 aromatic carbocycles. The van der Waals surface area contributed by atoms with Crippen LogP contribution in [0.15, 0.2) is 41.6 Å². The van der Waals surface area contributed by atoms with E-state index in [1.807, 2.05) is 0 Å². The largest absolute Gasteiger partial charge is 0.382 e. The molecule has 0 aliphatic heterocycles. The zero-order valence-electron chi connectivity index (χ0n) is 8.68. The zero-order chi connectivity index (χ0) is 12.3. The molecule has 0 radical (unpaired) electrons. The first kappa shape index (κ1) is 11.8. The van der Waals surface area contributed by atoms with Crippen LogP contribution in [0.5, 0.6) is 0 Å². The average Bonchev–Trinajstić information content (AvgIpc) is 2.29. The Kier molecular flexibility index (Phi) is 3.53. The summed E-state index contributed by atoms with van der Waals surface area (Å²) in [7, 11) is 0. The van der Waals surface area contributed by atoms with Gasteiger partial charge in [0.2, 0.25) is 0 Å². The van der Waals surface area contributed by atoms with Gasteiger partial charge in [-0.1, -0.05) is 23.9 Å². The maximum Gasteiger partial charge on any atom is 0.288 e. The SMILES string of the molecule is Nc1cncc(-c2ccc(SC(F)F)cc2)n1. The van der Waals surface area contributed by atoms with Crippen molar-refractivity contribution < 1.29 is 8.78 Å². The number of rotatable bonds is 3. The quantitative estimate of drug-likeness (QED) is 0.854. The zero-order valence-corrected chi connectivity index (χ0v) is 9.49. The van der Waals surface area contributed by atoms with E-state index in [0.717, 1.165) is 5.56 Å². The topological polar surface area (TPSA) is 51.8 Å². The summed E-state index contributed by atoms with van der Waals surface area (Å²) in [6, 6.07) is 6.68. The van der Waals surface area contributed by atoms with E-state index in [1.165, 1.54) is 6.20 Å². The molecule has 0 aliphatic rings. The predicted octanol–water partition coefficient (Wildman–Crippen LogP) is 3.04. The van der Waals surface area contributed by atoms with Crippen LogP contribution in [-0.4, -0.2) is 15.7 Å². The molecule has 2 N–H and O–H groups in total. The molecule has 6 heteroatoms. The first-order valence-electron chi connectivity index (χ1n) is 4.78. The van der Waals surface area contributed by atoms with Crippen LogP contribution in [0.3, 0.4) is 0 Å². The fourth-order valence-corrected chi connectivity index (χ4v) is 1.83. The van der Waals surface area contributed by atoms with Crippen molar-refractivity contribution in [1.82, 2.24) is 9.97 Å². The third-order valence-corrected chi connectivity index (χ3v) is 2.75. The Balaban J connectivity index is 2.23. The van der Waals surface area contributed by atoms with Crippen molar-refractivity contribution in [2.45, 2.75) is 10.7 Å². The summed E-state index contributed by atoms with van der Waals surface area (Å²) in [6.07, 6.45) is 3.02. The second kappa shape index (κ2) is 5.09. The molecule has 0 saturated heterocycles.